The average Bonchev–Trinajstić information content (AvgIpc) is 2.80. The third kappa shape index (κ3) is 6.23. The van der Waals surface area contributed by atoms with Crippen LogP contribution in [0.25, 0.3) is 0 Å². The van der Waals surface area contributed by atoms with Crippen molar-refractivity contribution < 1.29 is 19.0 Å². The number of nitrogens with zero attached hydrogens (tertiary/aromatic N) is 1. The van der Waals surface area contributed by atoms with Gasteiger partial charge in [-0.2, -0.15) is 5.10 Å². The number of aryl methyl sites for hydroxylation is 1. The number of halogens is 2. The number of hydrogen-bond donors (Lipinski definition) is 1. The van der Waals surface area contributed by atoms with Crippen LogP contribution in [0.5, 0.6) is 17.2 Å². The van der Waals surface area contributed by atoms with Crippen molar-refractivity contribution in [1.29, 1.82) is 0 Å². The van der Waals surface area contributed by atoms with Crippen LogP contribution in [0, 0.1) is 10.5 Å². The van der Waals surface area contributed by atoms with Crippen molar-refractivity contribution >= 4 is 50.6 Å². The molecule has 0 bridgehead atoms. The van der Waals surface area contributed by atoms with Gasteiger partial charge in [0.25, 0.3) is 5.91 Å². The molecule has 0 radical (unpaired) electrons. The Morgan fingerprint density at radius 1 is 1.03 bits per heavy atom. The molecule has 0 aromatic heterocycles. The highest BCUT2D eigenvalue weighted by Gasteiger charge is 2.11. The van der Waals surface area contributed by atoms with E-state index in [-0.39, 0.29) is 5.91 Å². The highest BCUT2D eigenvalue weighted by Crippen LogP contribution is 2.33. The predicted molar refractivity (Wildman–Crippen MR) is 137 cm³/mol. The molecule has 0 spiro atoms. The van der Waals surface area contributed by atoms with Crippen molar-refractivity contribution in [2.75, 3.05) is 14.2 Å². The van der Waals surface area contributed by atoms with Gasteiger partial charge in [-0.1, -0.05) is 29.8 Å². The number of ether oxygens (including phenoxy) is 3. The number of methoxy groups -OCH3 is 2. The molecule has 0 fully saturated rings. The van der Waals surface area contributed by atoms with Crippen LogP contribution in [0.1, 0.15) is 27.0 Å². The highest BCUT2D eigenvalue weighted by atomic mass is 127. The molecule has 1 amide bonds. The summed E-state index contributed by atoms with van der Waals surface area (Å²) in [6.45, 7) is 2.47. The topological polar surface area (TPSA) is 69.2 Å². The lowest BCUT2D eigenvalue weighted by Gasteiger charge is -2.13. The van der Waals surface area contributed by atoms with Crippen LogP contribution < -0.4 is 19.6 Å². The third-order valence-electron chi connectivity index (χ3n) is 4.58. The lowest BCUT2D eigenvalue weighted by Crippen LogP contribution is -2.17. The number of carbonyl (C=O) groups excluding carboxylic acids is 1. The SMILES string of the molecule is COc1cc(C(=O)N/N=C\c2cc(OC)c(OCc3ccc(C)cc3)cc2Br)ccc1I. The summed E-state index contributed by atoms with van der Waals surface area (Å²) in [6, 6.07) is 17.0. The Kier molecular flexibility index (Phi) is 8.52. The number of benzene rings is 3. The van der Waals surface area contributed by atoms with Crippen molar-refractivity contribution in [1.82, 2.24) is 5.43 Å². The largest absolute Gasteiger partial charge is 0.496 e. The molecule has 1 N–H and O–H groups in total. The maximum atomic E-state index is 12.4. The average molecular weight is 609 g/mol. The summed E-state index contributed by atoms with van der Waals surface area (Å²) in [5.41, 5.74) is 5.97. The molecule has 0 aliphatic rings. The van der Waals surface area contributed by atoms with Gasteiger partial charge in [0.05, 0.1) is 24.0 Å². The molecular weight excluding hydrogens is 587 g/mol. The smallest absolute Gasteiger partial charge is 0.271 e. The molecule has 0 aliphatic carbocycles. The van der Waals surface area contributed by atoms with E-state index < -0.39 is 0 Å². The van der Waals surface area contributed by atoms with Gasteiger partial charge in [-0.05, 0) is 81.3 Å². The minimum atomic E-state index is -0.336. The maximum absolute atomic E-state index is 12.4. The van der Waals surface area contributed by atoms with Gasteiger partial charge in [0.15, 0.2) is 11.5 Å². The molecule has 166 valence electrons. The first-order valence-corrected chi connectivity index (χ1v) is 11.5. The van der Waals surface area contributed by atoms with Crippen LogP contribution >= 0.6 is 38.5 Å². The number of hydrogen-bond acceptors (Lipinski definition) is 5. The lowest BCUT2D eigenvalue weighted by molar-refractivity contribution is 0.0954. The van der Waals surface area contributed by atoms with E-state index in [1.807, 2.05) is 43.3 Å². The van der Waals surface area contributed by atoms with E-state index in [0.717, 1.165) is 19.2 Å². The Morgan fingerprint density at radius 2 is 1.75 bits per heavy atom. The van der Waals surface area contributed by atoms with Crippen LogP contribution in [0.15, 0.2) is 64.2 Å². The molecular formula is C24H22BrIN2O4. The number of nitrogens with one attached hydrogen (secondary N) is 1. The molecule has 6 nitrogen and oxygen atoms in total. The first-order valence-electron chi connectivity index (χ1n) is 9.64. The molecule has 32 heavy (non-hydrogen) atoms. The van der Waals surface area contributed by atoms with E-state index in [1.54, 1.807) is 32.4 Å². The Morgan fingerprint density at radius 3 is 2.44 bits per heavy atom. The van der Waals surface area contributed by atoms with E-state index in [1.165, 1.54) is 11.8 Å². The first kappa shape index (κ1) is 24.1. The van der Waals surface area contributed by atoms with E-state index >= 15 is 0 Å². The van der Waals surface area contributed by atoms with Gasteiger partial charge in [-0.3, -0.25) is 4.79 Å². The summed E-state index contributed by atoms with van der Waals surface area (Å²) in [7, 11) is 3.14. The van der Waals surface area contributed by atoms with Crippen LogP contribution in [0.2, 0.25) is 0 Å². The second-order valence-electron chi connectivity index (χ2n) is 6.85. The molecule has 0 atom stereocenters. The molecule has 3 aromatic rings. The number of hydrazone groups is 1. The van der Waals surface area contributed by atoms with E-state index in [0.29, 0.717) is 29.4 Å². The molecule has 3 aromatic carbocycles. The Labute approximate surface area is 209 Å². The highest BCUT2D eigenvalue weighted by molar-refractivity contribution is 14.1. The van der Waals surface area contributed by atoms with E-state index in [9.17, 15) is 4.79 Å². The predicted octanol–water partition coefficient (Wildman–Crippen LogP) is 5.72. The second-order valence-corrected chi connectivity index (χ2v) is 8.86. The van der Waals surface area contributed by atoms with Crippen molar-refractivity contribution in [3.05, 3.63) is 84.9 Å². The number of amides is 1. The zero-order valence-electron chi connectivity index (χ0n) is 17.8. The number of carbonyl (C=O) groups is 1. The van der Waals surface area contributed by atoms with Crippen molar-refractivity contribution in [2.45, 2.75) is 13.5 Å². The molecule has 0 unspecified atom stereocenters. The first-order chi connectivity index (χ1) is 15.4. The molecule has 3 rings (SSSR count). The van der Waals surface area contributed by atoms with Crippen LogP contribution in [-0.2, 0) is 6.61 Å². The van der Waals surface area contributed by atoms with E-state index in [2.05, 4.69) is 49.0 Å². The zero-order valence-corrected chi connectivity index (χ0v) is 21.6. The van der Waals surface area contributed by atoms with Crippen molar-refractivity contribution in [3.63, 3.8) is 0 Å². The summed E-state index contributed by atoms with van der Waals surface area (Å²) >= 11 is 5.67. The minimum Gasteiger partial charge on any atom is -0.496 e. The van der Waals surface area contributed by atoms with Crippen molar-refractivity contribution in [3.8, 4) is 17.2 Å². The summed E-state index contributed by atoms with van der Waals surface area (Å²) in [6.07, 6.45) is 1.54. The summed E-state index contributed by atoms with van der Waals surface area (Å²) in [4.78, 5) is 12.4. The Balaban J connectivity index is 1.69. The van der Waals surface area contributed by atoms with Gasteiger partial charge >= 0.3 is 0 Å². The standard InChI is InChI=1S/C24H22BrIN2O4/c1-15-4-6-16(7-5-15)14-32-23-12-19(25)18(11-22(23)31-3)13-27-28-24(29)17-8-9-20(26)21(10-17)30-2/h4-13H,14H2,1-3H3,(H,28,29)/b27-13-. The van der Waals surface area contributed by atoms with Crippen LogP contribution in [0.4, 0.5) is 0 Å². The number of rotatable bonds is 8. The Hall–Kier alpha value is -2.59. The van der Waals surface area contributed by atoms with E-state index in [4.69, 9.17) is 14.2 Å². The monoisotopic (exact) mass is 608 g/mol. The van der Waals surface area contributed by atoms with Crippen LogP contribution in [-0.4, -0.2) is 26.3 Å². The van der Waals surface area contributed by atoms with Gasteiger partial charge in [-0.15, -0.1) is 0 Å². The van der Waals surface area contributed by atoms with Gasteiger partial charge in [-0.25, -0.2) is 5.43 Å². The van der Waals surface area contributed by atoms with Gasteiger partial charge in [0.2, 0.25) is 0 Å². The van der Waals surface area contributed by atoms with Gasteiger partial charge < -0.3 is 14.2 Å². The summed E-state index contributed by atoms with van der Waals surface area (Å²) in [5, 5.41) is 4.07. The molecule has 0 heterocycles. The van der Waals surface area contributed by atoms with Crippen LogP contribution in [0.3, 0.4) is 0 Å². The van der Waals surface area contributed by atoms with Crippen molar-refractivity contribution in [2.24, 2.45) is 5.10 Å². The summed E-state index contributed by atoms with van der Waals surface area (Å²) < 4.78 is 18.3. The molecule has 0 aliphatic heterocycles. The fourth-order valence-electron chi connectivity index (χ4n) is 2.79. The second kappa shape index (κ2) is 11.3. The Bertz CT molecular complexity index is 1130. The fourth-order valence-corrected chi connectivity index (χ4v) is 3.77. The lowest BCUT2D eigenvalue weighted by atomic mass is 10.2. The molecule has 0 saturated carbocycles. The maximum Gasteiger partial charge on any atom is 0.271 e. The quantitative estimate of drug-likeness (QED) is 0.202. The van der Waals surface area contributed by atoms with Gasteiger partial charge in [0, 0.05) is 15.6 Å². The molecule has 8 heteroatoms. The summed E-state index contributed by atoms with van der Waals surface area (Å²) in [5.74, 6) is 1.47. The normalized spacial score (nSPS) is 10.8. The fraction of sp³-hybridized carbons (Fsp3) is 0.167. The van der Waals surface area contributed by atoms with Gasteiger partial charge in [0.1, 0.15) is 12.4 Å². The molecule has 0 saturated heterocycles. The third-order valence-corrected chi connectivity index (χ3v) is 6.16. The minimum absolute atomic E-state index is 0.336. The zero-order chi connectivity index (χ0) is 23.1.